The number of nitrogens with zero attached hydrogens (tertiary/aromatic N) is 3. The predicted molar refractivity (Wildman–Crippen MR) is 140 cm³/mol. The fourth-order valence-electron chi connectivity index (χ4n) is 3.86. The molecule has 2 heterocycles. The number of carbonyl (C=O) groups is 2. The highest BCUT2D eigenvalue weighted by atomic mass is 35.5. The number of morpholine rings is 1. The summed E-state index contributed by atoms with van der Waals surface area (Å²) in [4.78, 5) is 27.1. The number of aryl methyl sites for hydroxylation is 1. The van der Waals surface area contributed by atoms with Crippen LogP contribution >= 0.6 is 11.6 Å². The van der Waals surface area contributed by atoms with Gasteiger partial charge in [0.1, 0.15) is 5.15 Å². The van der Waals surface area contributed by atoms with E-state index >= 15 is 0 Å². The Hall–Kier alpha value is -3.62. The van der Waals surface area contributed by atoms with Crippen molar-refractivity contribution in [1.29, 1.82) is 0 Å². The molecule has 1 aliphatic rings. The van der Waals surface area contributed by atoms with Gasteiger partial charge in [0.2, 0.25) is 0 Å². The van der Waals surface area contributed by atoms with Crippen molar-refractivity contribution in [2.75, 3.05) is 36.5 Å². The minimum atomic E-state index is -0.974. The number of aromatic nitrogens is 2. The van der Waals surface area contributed by atoms with Gasteiger partial charge in [0, 0.05) is 36.1 Å². The molecule has 1 atom stereocenters. The molecule has 1 aliphatic heterocycles. The highest BCUT2D eigenvalue weighted by Gasteiger charge is 2.18. The molecule has 0 saturated carbocycles. The van der Waals surface area contributed by atoms with Crippen LogP contribution < -0.4 is 10.2 Å². The second kappa shape index (κ2) is 11.9. The zero-order valence-electron chi connectivity index (χ0n) is 20.3. The van der Waals surface area contributed by atoms with Crippen molar-refractivity contribution in [3.05, 3.63) is 82.6 Å². The van der Waals surface area contributed by atoms with E-state index in [1.165, 1.54) is 13.0 Å². The van der Waals surface area contributed by atoms with Gasteiger partial charge >= 0.3 is 5.97 Å². The number of benzene rings is 2. The molecule has 1 N–H and O–H groups in total. The Kier molecular flexibility index (Phi) is 8.40. The van der Waals surface area contributed by atoms with Gasteiger partial charge in [-0.2, -0.15) is 5.10 Å². The van der Waals surface area contributed by atoms with Crippen molar-refractivity contribution in [2.45, 2.75) is 26.5 Å². The second-order valence-electron chi connectivity index (χ2n) is 8.48. The Labute approximate surface area is 215 Å². The van der Waals surface area contributed by atoms with Gasteiger partial charge in [-0.1, -0.05) is 41.9 Å². The quantitative estimate of drug-likeness (QED) is 0.360. The summed E-state index contributed by atoms with van der Waals surface area (Å²) in [7, 11) is 0. The van der Waals surface area contributed by atoms with E-state index in [0.717, 1.165) is 24.3 Å². The van der Waals surface area contributed by atoms with Crippen LogP contribution in [0.2, 0.25) is 5.15 Å². The van der Waals surface area contributed by atoms with Crippen molar-refractivity contribution in [3.8, 4) is 0 Å². The van der Waals surface area contributed by atoms with E-state index in [-0.39, 0.29) is 0 Å². The van der Waals surface area contributed by atoms with Crippen LogP contribution in [0.4, 0.5) is 11.4 Å². The van der Waals surface area contributed by atoms with E-state index < -0.39 is 18.0 Å². The zero-order valence-corrected chi connectivity index (χ0v) is 21.1. The third kappa shape index (κ3) is 6.53. The lowest BCUT2D eigenvalue weighted by Crippen LogP contribution is -2.36. The zero-order chi connectivity index (χ0) is 25.5. The third-order valence-electron chi connectivity index (χ3n) is 5.84. The maximum Gasteiger partial charge on any atom is 0.331 e. The lowest BCUT2D eigenvalue weighted by atomic mass is 10.2. The van der Waals surface area contributed by atoms with E-state index in [4.69, 9.17) is 21.1 Å². The number of hydrogen-bond donors (Lipinski definition) is 1. The summed E-state index contributed by atoms with van der Waals surface area (Å²) < 4.78 is 12.3. The molecule has 4 rings (SSSR count). The maximum absolute atomic E-state index is 12.5. The number of esters is 1. The molecular formula is C27H29ClN4O4. The van der Waals surface area contributed by atoms with Crippen LogP contribution in [-0.4, -0.2) is 54.1 Å². The largest absolute Gasteiger partial charge is 0.449 e. The number of anilines is 2. The maximum atomic E-state index is 12.5. The van der Waals surface area contributed by atoms with Crippen LogP contribution in [-0.2, 0) is 25.6 Å². The molecule has 1 amide bonds. The Morgan fingerprint density at radius 1 is 1.14 bits per heavy atom. The first-order valence-electron chi connectivity index (χ1n) is 11.8. The molecule has 1 fully saturated rings. The molecule has 0 unspecified atom stereocenters. The molecule has 0 spiro atoms. The van der Waals surface area contributed by atoms with Gasteiger partial charge in [-0.05, 0) is 49.8 Å². The van der Waals surface area contributed by atoms with Gasteiger partial charge in [-0.3, -0.25) is 4.79 Å². The Morgan fingerprint density at radius 2 is 1.83 bits per heavy atom. The monoisotopic (exact) mass is 508 g/mol. The van der Waals surface area contributed by atoms with Crippen LogP contribution in [0.1, 0.15) is 23.7 Å². The molecule has 0 radical (unpaired) electrons. The highest BCUT2D eigenvalue weighted by molar-refractivity contribution is 6.31. The molecule has 188 valence electrons. The van der Waals surface area contributed by atoms with E-state index in [1.807, 2.05) is 61.5 Å². The molecule has 9 heteroatoms. The second-order valence-corrected chi connectivity index (χ2v) is 8.84. The van der Waals surface area contributed by atoms with Gasteiger partial charge in [0.25, 0.3) is 5.91 Å². The molecule has 3 aromatic rings. The first kappa shape index (κ1) is 25.5. The first-order chi connectivity index (χ1) is 17.4. The molecule has 2 aromatic carbocycles. The van der Waals surface area contributed by atoms with E-state index in [2.05, 4.69) is 15.3 Å². The lowest BCUT2D eigenvalue weighted by Gasteiger charge is -2.28. The van der Waals surface area contributed by atoms with Gasteiger partial charge in [-0.25, -0.2) is 9.48 Å². The van der Waals surface area contributed by atoms with Crippen LogP contribution in [0, 0.1) is 6.92 Å². The van der Waals surface area contributed by atoms with Crippen molar-refractivity contribution < 1.29 is 19.1 Å². The summed E-state index contributed by atoms with van der Waals surface area (Å²) in [5.41, 5.74) is 4.08. The summed E-state index contributed by atoms with van der Waals surface area (Å²) in [6, 6.07) is 17.4. The molecule has 0 aliphatic carbocycles. The number of hydrogen-bond acceptors (Lipinski definition) is 6. The van der Waals surface area contributed by atoms with Crippen molar-refractivity contribution >= 4 is 40.9 Å². The molecule has 1 saturated heterocycles. The number of ether oxygens (including phenoxy) is 2. The number of amides is 1. The van der Waals surface area contributed by atoms with Gasteiger partial charge in [0.15, 0.2) is 6.10 Å². The molecule has 36 heavy (non-hydrogen) atoms. The fraction of sp³-hybridized carbons (Fsp3) is 0.296. The lowest BCUT2D eigenvalue weighted by molar-refractivity contribution is -0.148. The molecule has 0 bridgehead atoms. The number of rotatable bonds is 8. The molecule has 1 aromatic heterocycles. The van der Waals surface area contributed by atoms with Crippen molar-refractivity contribution in [3.63, 3.8) is 0 Å². The normalized spacial score (nSPS) is 14.6. The van der Waals surface area contributed by atoms with Crippen LogP contribution in [0.3, 0.4) is 0 Å². The van der Waals surface area contributed by atoms with Crippen molar-refractivity contribution in [2.24, 2.45) is 0 Å². The van der Waals surface area contributed by atoms with Crippen LogP contribution in [0.5, 0.6) is 0 Å². The average Bonchev–Trinajstić information content (AvgIpc) is 3.16. The highest BCUT2D eigenvalue weighted by Crippen LogP contribution is 2.23. The number of carbonyl (C=O) groups excluding carboxylic acids is 2. The smallest absolute Gasteiger partial charge is 0.331 e. The van der Waals surface area contributed by atoms with Crippen LogP contribution in [0.15, 0.2) is 60.7 Å². The van der Waals surface area contributed by atoms with Gasteiger partial charge < -0.3 is 19.7 Å². The van der Waals surface area contributed by atoms with Gasteiger partial charge in [-0.15, -0.1) is 0 Å². The fourth-order valence-corrected chi connectivity index (χ4v) is 4.15. The SMILES string of the molecule is Cc1nn(Cc2ccccc2)c(Cl)c1/C=C/C(=O)O[C@H](C)C(=O)Nc1ccc(N2CCOCC2)cc1. The minimum absolute atomic E-state index is 0.416. The predicted octanol–water partition coefficient (Wildman–Crippen LogP) is 4.31. The van der Waals surface area contributed by atoms with E-state index in [1.54, 1.807) is 10.8 Å². The average molecular weight is 509 g/mol. The van der Waals surface area contributed by atoms with E-state index in [9.17, 15) is 9.59 Å². The topological polar surface area (TPSA) is 85.7 Å². The molecule has 8 nitrogen and oxygen atoms in total. The Bertz CT molecular complexity index is 1220. The summed E-state index contributed by atoms with van der Waals surface area (Å²) in [5, 5.41) is 7.66. The summed E-state index contributed by atoms with van der Waals surface area (Å²) in [5.74, 6) is -1.06. The van der Waals surface area contributed by atoms with Crippen LogP contribution in [0.25, 0.3) is 6.08 Å². The first-order valence-corrected chi connectivity index (χ1v) is 12.2. The Morgan fingerprint density at radius 3 is 2.53 bits per heavy atom. The summed E-state index contributed by atoms with van der Waals surface area (Å²) >= 11 is 6.49. The third-order valence-corrected chi connectivity index (χ3v) is 6.24. The van der Waals surface area contributed by atoms with E-state index in [0.29, 0.717) is 41.9 Å². The summed E-state index contributed by atoms with van der Waals surface area (Å²) in [6.07, 6.45) is 1.84. The standard InChI is InChI=1S/C27H29ClN4O4/c1-19-24(26(28)32(30-19)18-21-6-4-3-5-7-21)12-13-25(33)36-20(2)27(34)29-22-8-10-23(11-9-22)31-14-16-35-17-15-31/h3-13,20H,14-18H2,1-2H3,(H,29,34)/b13-12+/t20-/m1/s1. The Balaban J connectivity index is 1.30. The number of nitrogens with one attached hydrogen (secondary N) is 1. The van der Waals surface area contributed by atoms with Gasteiger partial charge in [0.05, 0.1) is 25.5 Å². The van der Waals surface area contributed by atoms with Crippen molar-refractivity contribution in [1.82, 2.24) is 9.78 Å². The minimum Gasteiger partial charge on any atom is -0.449 e. The number of halogens is 1. The summed E-state index contributed by atoms with van der Waals surface area (Å²) in [6.45, 7) is 6.95. The molecular weight excluding hydrogens is 480 g/mol.